The molecule has 3 aromatic heterocycles. The number of rotatable bonds is 3. The summed E-state index contributed by atoms with van der Waals surface area (Å²) < 4.78 is 7.48. The molecule has 0 radical (unpaired) electrons. The molecule has 3 nitrogen and oxygen atoms in total. The van der Waals surface area contributed by atoms with E-state index in [1.165, 1.54) is 93.3 Å². The van der Waals surface area contributed by atoms with Crippen molar-refractivity contribution in [1.29, 1.82) is 0 Å². The summed E-state index contributed by atoms with van der Waals surface area (Å²) in [4.78, 5) is 0. The largest absolute Gasteiger partial charge is 0.309 e. The number of para-hydroxylation sites is 4. The minimum Gasteiger partial charge on any atom is -0.309 e. The number of hydrogen-bond donors (Lipinski definition) is 0. The van der Waals surface area contributed by atoms with Gasteiger partial charge in [0.25, 0.3) is 0 Å². The van der Waals surface area contributed by atoms with Crippen LogP contribution in [-0.4, -0.2) is 13.7 Å². The molecule has 0 saturated heterocycles. The molecule has 0 amide bonds. The molecule has 1 atom stereocenters. The normalized spacial score (nSPS) is 15.1. The second-order valence-electron chi connectivity index (χ2n) is 13.8. The van der Waals surface area contributed by atoms with Crippen molar-refractivity contribution in [3.8, 4) is 11.4 Å². The smallest absolute Gasteiger partial charge is 0.0640 e. The Morgan fingerprint density at radius 2 is 1.02 bits per heavy atom. The summed E-state index contributed by atoms with van der Waals surface area (Å²) in [6.45, 7) is 2.31. The summed E-state index contributed by atoms with van der Waals surface area (Å²) >= 11 is 0. The minimum absolute atomic E-state index is 0.485. The van der Waals surface area contributed by atoms with Gasteiger partial charge in [-0.3, -0.25) is 0 Å². The Labute approximate surface area is 289 Å². The molecule has 0 bridgehead atoms. The Kier molecular flexibility index (Phi) is 5.71. The zero-order valence-electron chi connectivity index (χ0n) is 27.7. The molecular weight excluding hydrogens is 607 g/mol. The maximum Gasteiger partial charge on any atom is 0.0640 e. The molecule has 3 heterocycles. The quantitative estimate of drug-likeness (QED) is 0.183. The van der Waals surface area contributed by atoms with Crippen molar-refractivity contribution in [2.45, 2.75) is 13.3 Å². The van der Waals surface area contributed by atoms with E-state index in [0.29, 0.717) is 5.92 Å². The van der Waals surface area contributed by atoms with E-state index in [0.717, 1.165) is 6.42 Å². The maximum absolute atomic E-state index is 2.54. The fraction of sp³-hybridized carbons (Fsp3) is 0.0638. The summed E-state index contributed by atoms with van der Waals surface area (Å²) in [5, 5.41) is 10.2. The highest BCUT2D eigenvalue weighted by Crippen LogP contribution is 2.46. The molecule has 0 fully saturated rings. The van der Waals surface area contributed by atoms with Gasteiger partial charge in [-0.15, -0.1) is 0 Å². The third-order valence-corrected chi connectivity index (χ3v) is 10.9. The lowest BCUT2D eigenvalue weighted by atomic mass is 10.0. The predicted octanol–water partition coefficient (Wildman–Crippen LogP) is 12.6. The van der Waals surface area contributed by atoms with Gasteiger partial charge in [-0.05, 0) is 72.3 Å². The lowest BCUT2D eigenvalue weighted by molar-refractivity contribution is 0.735. The van der Waals surface area contributed by atoms with E-state index >= 15 is 0 Å². The standard InChI is InChI=1S/C47H33N3/c1-30-14-13-18-33(28-30)49-39-24-11-9-22-37(39)46-43(29-31-15-5-6-19-34(31)47(46)49)50-40-25-12-8-21-36(40)45-42(50)27-26-41-44(45)35-20-7-10-23-38(35)48(41)32-16-3-2-4-17-32/h2-13,15-30H,14H2,1H3. The van der Waals surface area contributed by atoms with Crippen molar-refractivity contribution in [2.75, 3.05) is 0 Å². The zero-order valence-corrected chi connectivity index (χ0v) is 27.7. The number of hydrogen-bond acceptors (Lipinski definition) is 0. The van der Waals surface area contributed by atoms with Gasteiger partial charge in [0.1, 0.15) is 0 Å². The van der Waals surface area contributed by atoms with Gasteiger partial charge in [-0.1, -0.05) is 116 Å². The van der Waals surface area contributed by atoms with Crippen LogP contribution in [0.25, 0.3) is 93.3 Å². The van der Waals surface area contributed by atoms with Crippen LogP contribution in [0.5, 0.6) is 0 Å². The van der Waals surface area contributed by atoms with Gasteiger partial charge in [-0.25, -0.2) is 0 Å². The molecule has 7 aromatic carbocycles. The van der Waals surface area contributed by atoms with Crippen LogP contribution in [0.4, 0.5) is 0 Å². The molecule has 11 rings (SSSR count). The van der Waals surface area contributed by atoms with Crippen LogP contribution < -0.4 is 0 Å². The maximum atomic E-state index is 2.54. The third kappa shape index (κ3) is 3.69. The van der Waals surface area contributed by atoms with E-state index in [9.17, 15) is 0 Å². The molecule has 236 valence electrons. The van der Waals surface area contributed by atoms with Crippen LogP contribution in [0.2, 0.25) is 0 Å². The monoisotopic (exact) mass is 639 g/mol. The molecular formula is C47H33N3. The van der Waals surface area contributed by atoms with Crippen molar-refractivity contribution in [1.82, 2.24) is 13.7 Å². The highest BCUT2D eigenvalue weighted by molar-refractivity contribution is 6.30. The first kappa shape index (κ1) is 27.6. The molecule has 50 heavy (non-hydrogen) atoms. The second-order valence-corrected chi connectivity index (χ2v) is 13.8. The zero-order chi connectivity index (χ0) is 32.9. The molecule has 1 unspecified atom stereocenters. The summed E-state index contributed by atoms with van der Waals surface area (Å²) in [5.41, 5.74) is 11.0. The average Bonchev–Trinajstić information content (AvgIpc) is 3.81. The summed E-state index contributed by atoms with van der Waals surface area (Å²) in [6, 6.07) is 53.6. The third-order valence-electron chi connectivity index (χ3n) is 10.9. The molecule has 1 aliphatic carbocycles. The molecule has 3 heteroatoms. The van der Waals surface area contributed by atoms with E-state index in [-0.39, 0.29) is 0 Å². The Morgan fingerprint density at radius 3 is 1.70 bits per heavy atom. The van der Waals surface area contributed by atoms with Crippen LogP contribution in [0.3, 0.4) is 0 Å². The summed E-state index contributed by atoms with van der Waals surface area (Å²) in [7, 11) is 0. The van der Waals surface area contributed by atoms with Crippen LogP contribution >= 0.6 is 0 Å². The Bertz CT molecular complexity index is 3070. The molecule has 0 N–H and O–H groups in total. The topological polar surface area (TPSA) is 14.8 Å². The van der Waals surface area contributed by atoms with Crippen molar-refractivity contribution in [2.24, 2.45) is 5.92 Å². The SMILES string of the molecule is CC1C=C(n2c3ccccc3c3c(-n4c5ccccc5c5c6c7ccccc7n(-c7ccccc7)c6ccc54)cc4ccccc4c32)C=CC1. The van der Waals surface area contributed by atoms with Gasteiger partial charge >= 0.3 is 0 Å². The van der Waals surface area contributed by atoms with Gasteiger partial charge in [0.15, 0.2) is 0 Å². The highest BCUT2D eigenvalue weighted by Gasteiger charge is 2.25. The lowest BCUT2D eigenvalue weighted by Gasteiger charge is -2.17. The number of allylic oxidation sites excluding steroid dienone is 4. The van der Waals surface area contributed by atoms with E-state index in [1.807, 2.05) is 0 Å². The molecule has 10 aromatic rings. The fourth-order valence-electron chi connectivity index (χ4n) is 8.86. The number of nitrogens with zero attached hydrogens (tertiary/aromatic N) is 3. The molecule has 0 saturated carbocycles. The van der Waals surface area contributed by atoms with Crippen LogP contribution in [0, 0.1) is 5.92 Å². The Hall–Kier alpha value is -6.32. The Balaban J connectivity index is 1.35. The number of fused-ring (bicyclic) bond motifs is 12. The van der Waals surface area contributed by atoms with Gasteiger partial charge in [-0.2, -0.15) is 0 Å². The summed E-state index contributed by atoms with van der Waals surface area (Å²) in [6.07, 6.45) is 8.15. The van der Waals surface area contributed by atoms with Gasteiger partial charge in [0.2, 0.25) is 0 Å². The highest BCUT2D eigenvalue weighted by atomic mass is 15.0. The first-order valence-corrected chi connectivity index (χ1v) is 17.6. The van der Waals surface area contributed by atoms with Crippen molar-refractivity contribution >= 4 is 81.9 Å². The first-order chi connectivity index (χ1) is 24.8. The van der Waals surface area contributed by atoms with E-state index in [2.05, 4.69) is 184 Å². The Morgan fingerprint density at radius 1 is 0.480 bits per heavy atom. The van der Waals surface area contributed by atoms with Crippen molar-refractivity contribution in [3.63, 3.8) is 0 Å². The number of benzene rings is 7. The van der Waals surface area contributed by atoms with Crippen molar-refractivity contribution < 1.29 is 0 Å². The van der Waals surface area contributed by atoms with Crippen LogP contribution in [0.1, 0.15) is 13.3 Å². The summed E-state index contributed by atoms with van der Waals surface area (Å²) in [5.74, 6) is 0.485. The van der Waals surface area contributed by atoms with Crippen LogP contribution in [-0.2, 0) is 0 Å². The molecule has 0 aliphatic heterocycles. The average molecular weight is 640 g/mol. The fourth-order valence-corrected chi connectivity index (χ4v) is 8.86. The van der Waals surface area contributed by atoms with E-state index < -0.39 is 0 Å². The molecule has 0 spiro atoms. The van der Waals surface area contributed by atoms with Gasteiger partial charge in [0, 0.05) is 49.1 Å². The van der Waals surface area contributed by atoms with Gasteiger partial charge in [0.05, 0.1) is 38.8 Å². The lowest BCUT2D eigenvalue weighted by Crippen LogP contribution is -2.02. The van der Waals surface area contributed by atoms with Crippen LogP contribution in [0.15, 0.2) is 164 Å². The minimum atomic E-state index is 0.485. The van der Waals surface area contributed by atoms with Gasteiger partial charge < -0.3 is 13.7 Å². The van der Waals surface area contributed by atoms with E-state index in [1.54, 1.807) is 0 Å². The first-order valence-electron chi connectivity index (χ1n) is 17.6. The van der Waals surface area contributed by atoms with E-state index in [4.69, 9.17) is 0 Å². The molecule has 1 aliphatic rings. The van der Waals surface area contributed by atoms with Crippen molar-refractivity contribution in [3.05, 3.63) is 164 Å². The second kappa shape index (κ2) is 10.3. The predicted molar refractivity (Wildman–Crippen MR) is 213 cm³/mol. The number of aromatic nitrogens is 3.